The Morgan fingerprint density at radius 2 is 1.85 bits per heavy atom. The Kier molecular flexibility index (Phi) is 5.04. The monoisotopic (exact) mass is 394 g/mol. The molecule has 0 unspecified atom stereocenters. The summed E-state index contributed by atoms with van der Waals surface area (Å²) in [6, 6.07) is 8.19. The van der Waals surface area contributed by atoms with E-state index in [2.05, 4.69) is 25.6 Å². The first-order valence-corrected chi connectivity index (χ1v) is 8.47. The Hall–Kier alpha value is -0.660. The summed E-state index contributed by atoms with van der Waals surface area (Å²) in [5.74, 6) is 0. The average Bonchev–Trinajstić information content (AvgIpc) is 2.36. The number of pyridine rings is 1. The highest BCUT2D eigenvalue weighted by molar-refractivity contribution is 9.10. The number of hydrogen-bond acceptors (Lipinski definition) is 3. The maximum absolute atomic E-state index is 12.2. The number of nitrogens with one attached hydrogen (secondary N) is 1. The van der Waals surface area contributed by atoms with Crippen molar-refractivity contribution in [2.75, 3.05) is 0 Å². The molecule has 0 amide bonds. The molecule has 0 bridgehead atoms. The second-order valence-corrected chi connectivity index (χ2v) is 7.28. The van der Waals surface area contributed by atoms with Crippen molar-refractivity contribution in [1.82, 2.24) is 9.71 Å². The third-order valence-electron chi connectivity index (χ3n) is 2.40. The molecule has 0 fully saturated rings. The first-order chi connectivity index (χ1) is 9.40. The van der Waals surface area contributed by atoms with Gasteiger partial charge in [-0.05, 0) is 24.3 Å². The highest BCUT2D eigenvalue weighted by Crippen LogP contribution is 2.32. The third kappa shape index (κ3) is 3.71. The van der Waals surface area contributed by atoms with Crippen LogP contribution < -0.4 is 4.72 Å². The van der Waals surface area contributed by atoms with Crippen molar-refractivity contribution in [3.05, 3.63) is 56.7 Å². The van der Waals surface area contributed by atoms with Crippen molar-refractivity contribution in [2.24, 2.45) is 0 Å². The van der Waals surface area contributed by atoms with Crippen molar-refractivity contribution < 1.29 is 8.42 Å². The van der Waals surface area contributed by atoms with Crippen LogP contribution in [0.3, 0.4) is 0 Å². The summed E-state index contributed by atoms with van der Waals surface area (Å²) >= 11 is 15.1. The molecule has 2 rings (SSSR count). The van der Waals surface area contributed by atoms with E-state index in [1.807, 2.05) is 0 Å². The van der Waals surface area contributed by atoms with Crippen LogP contribution in [0.4, 0.5) is 0 Å². The zero-order chi connectivity index (χ0) is 14.8. The molecule has 0 saturated carbocycles. The number of nitrogens with zero attached hydrogens (tertiary/aromatic N) is 1. The maximum Gasteiger partial charge on any atom is 0.243 e. The van der Waals surface area contributed by atoms with Crippen LogP contribution in [0.2, 0.25) is 10.0 Å². The second kappa shape index (κ2) is 6.41. The Morgan fingerprint density at radius 3 is 2.40 bits per heavy atom. The highest BCUT2D eigenvalue weighted by Gasteiger charge is 2.22. The van der Waals surface area contributed by atoms with E-state index < -0.39 is 10.0 Å². The normalized spacial score (nSPS) is 11.6. The summed E-state index contributed by atoms with van der Waals surface area (Å²) in [6.45, 7) is 0.0614. The van der Waals surface area contributed by atoms with Crippen LogP contribution in [0.5, 0.6) is 0 Å². The van der Waals surface area contributed by atoms with Gasteiger partial charge in [-0.1, -0.05) is 45.2 Å². The van der Waals surface area contributed by atoms with E-state index in [-0.39, 0.29) is 21.5 Å². The number of sulfonamides is 1. The Labute approximate surface area is 135 Å². The number of hydrogen-bond donors (Lipinski definition) is 1. The summed E-state index contributed by atoms with van der Waals surface area (Å²) < 4.78 is 27.5. The van der Waals surface area contributed by atoms with Crippen LogP contribution in [0.1, 0.15) is 5.69 Å². The van der Waals surface area contributed by atoms with Gasteiger partial charge in [0.05, 0.1) is 22.3 Å². The lowest BCUT2D eigenvalue weighted by molar-refractivity contribution is 0.580. The minimum atomic E-state index is -3.81. The SMILES string of the molecule is O=S(=O)(NCc1ccccn1)c1c(Cl)cc(Br)cc1Cl. The lowest BCUT2D eigenvalue weighted by Gasteiger charge is -2.10. The molecule has 106 valence electrons. The van der Waals surface area contributed by atoms with E-state index in [9.17, 15) is 8.42 Å². The van der Waals surface area contributed by atoms with Crippen molar-refractivity contribution in [1.29, 1.82) is 0 Å². The van der Waals surface area contributed by atoms with Crippen molar-refractivity contribution in [3.63, 3.8) is 0 Å². The standard InChI is InChI=1S/C12H9BrCl2N2O2S/c13-8-5-10(14)12(11(15)6-8)20(18,19)17-7-9-3-1-2-4-16-9/h1-6,17H,7H2. The molecule has 0 radical (unpaired) electrons. The molecule has 0 aliphatic rings. The van der Waals surface area contributed by atoms with Gasteiger partial charge in [0, 0.05) is 10.7 Å². The lowest BCUT2D eigenvalue weighted by atomic mass is 10.4. The average molecular weight is 396 g/mol. The van der Waals surface area contributed by atoms with Crippen LogP contribution in [0.15, 0.2) is 45.9 Å². The predicted molar refractivity (Wildman–Crippen MR) is 82.4 cm³/mol. The van der Waals surface area contributed by atoms with Gasteiger partial charge in [0.25, 0.3) is 0 Å². The number of aromatic nitrogens is 1. The van der Waals surface area contributed by atoms with Gasteiger partial charge < -0.3 is 0 Å². The van der Waals surface area contributed by atoms with Gasteiger partial charge in [0.15, 0.2) is 0 Å². The first kappa shape index (κ1) is 15.7. The molecule has 0 saturated heterocycles. The van der Waals surface area contributed by atoms with Gasteiger partial charge in [0.2, 0.25) is 10.0 Å². The van der Waals surface area contributed by atoms with Crippen LogP contribution in [0, 0.1) is 0 Å². The molecule has 4 nitrogen and oxygen atoms in total. The molecule has 1 heterocycles. The molecule has 8 heteroatoms. The fraction of sp³-hybridized carbons (Fsp3) is 0.0833. The molecule has 0 aliphatic heterocycles. The van der Waals surface area contributed by atoms with Crippen LogP contribution in [0.25, 0.3) is 0 Å². The minimum Gasteiger partial charge on any atom is -0.260 e. The fourth-order valence-electron chi connectivity index (χ4n) is 1.53. The topological polar surface area (TPSA) is 59.1 Å². The largest absolute Gasteiger partial charge is 0.260 e. The third-order valence-corrected chi connectivity index (χ3v) is 5.18. The van der Waals surface area contributed by atoms with E-state index in [1.165, 1.54) is 12.1 Å². The number of halogens is 3. The number of benzene rings is 1. The summed E-state index contributed by atoms with van der Waals surface area (Å²) in [7, 11) is -3.81. The van der Waals surface area contributed by atoms with Gasteiger partial charge in [0.1, 0.15) is 4.90 Å². The number of rotatable bonds is 4. The van der Waals surface area contributed by atoms with E-state index in [0.717, 1.165) is 0 Å². The van der Waals surface area contributed by atoms with Crippen molar-refractivity contribution in [3.8, 4) is 0 Å². The molecule has 20 heavy (non-hydrogen) atoms. The summed E-state index contributed by atoms with van der Waals surface area (Å²) in [4.78, 5) is 3.90. The van der Waals surface area contributed by atoms with E-state index in [1.54, 1.807) is 24.4 Å². The Bertz CT molecular complexity index is 700. The molecule has 1 aromatic heterocycles. The van der Waals surface area contributed by atoms with Gasteiger partial charge in [-0.15, -0.1) is 0 Å². The smallest absolute Gasteiger partial charge is 0.243 e. The molecule has 0 atom stereocenters. The fourth-order valence-corrected chi connectivity index (χ4v) is 4.46. The quantitative estimate of drug-likeness (QED) is 0.859. The Morgan fingerprint density at radius 1 is 1.20 bits per heavy atom. The molecule has 1 aromatic carbocycles. The predicted octanol–water partition coefficient (Wildman–Crippen LogP) is 3.63. The van der Waals surface area contributed by atoms with E-state index in [4.69, 9.17) is 23.2 Å². The minimum absolute atomic E-state index is 0.0536. The van der Waals surface area contributed by atoms with Crippen molar-refractivity contribution in [2.45, 2.75) is 11.4 Å². The van der Waals surface area contributed by atoms with E-state index in [0.29, 0.717) is 10.2 Å². The van der Waals surface area contributed by atoms with Crippen molar-refractivity contribution >= 4 is 49.2 Å². The van der Waals surface area contributed by atoms with Gasteiger partial charge in [-0.2, -0.15) is 0 Å². The zero-order valence-corrected chi connectivity index (χ0v) is 13.9. The molecule has 1 N–H and O–H groups in total. The molecular formula is C12H9BrCl2N2O2S. The molecule has 0 aliphatic carbocycles. The first-order valence-electron chi connectivity index (χ1n) is 5.44. The van der Waals surface area contributed by atoms with Gasteiger partial charge >= 0.3 is 0 Å². The highest BCUT2D eigenvalue weighted by atomic mass is 79.9. The molecule has 0 spiro atoms. The maximum atomic E-state index is 12.2. The van der Waals surface area contributed by atoms with Gasteiger partial charge in [-0.3, -0.25) is 4.98 Å². The summed E-state index contributed by atoms with van der Waals surface area (Å²) in [5.41, 5.74) is 0.598. The van der Waals surface area contributed by atoms with Crippen LogP contribution in [-0.4, -0.2) is 13.4 Å². The second-order valence-electron chi connectivity index (χ2n) is 3.84. The van der Waals surface area contributed by atoms with Crippen LogP contribution >= 0.6 is 39.1 Å². The van der Waals surface area contributed by atoms with E-state index >= 15 is 0 Å². The molecule has 2 aromatic rings. The summed E-state index contributed by atoms with van der Waals surface area (Å²) in [6.07, 6.45) is 1.59. The summed E-state index contributed by atoms with van der Waals surface area (Å²) in [5, 5.41) is 0.107. The molecular weight excluding hydrogens is 387 g/mol. The zero-order valence-electron chi connectivity index (χ0n) is 9.98. The van der Waals surface area contributed by atoms with Gasteiger partial charge in [-0.25, -0.2) is 13.1 Å². The van der Waals surface area contributed by atoms with Crippen LogP contribution in [-0.2, 0) is 16.6 Å². The lowest BCUT2D eigenvalue weighted by Crippen LogP contribution is -2.24. The Balaban J connectivity index is 2.28.